The number of carbonyl (C=O) groups excluding carboxylic acids is 1. The summed E-state index contributed by atoms with van der Waals surface area (Å²) in [6.07, 6.45) is 4.79. The van der Waals surface area contributed by atoms with E-state index in [1.165, 1.54) is 30.9 Å². The average Bonchev–Trinajstić information content (AvgIpc) is 3.39. The van der Waals surface area contributed by atoms with Gasteiger partial charge in [0.05, 0.1) is 12.2 Å². The number of anilines is 1. The number of amides is 1. The van der Waals surface area contributed by atoms with E-state index in [9.17, 15) is 9.18 Å². The molecule has 2 aromatic rings. The zero-order valence-corrected chi connectivity index (χ0v) is 27.0. The Morgan fingerprint density at radius 1 is 1.19 bits per heavy atom. The second-order valence-corrected chi connectivity index (χ2v) is 12.9. The molecule has 0 aliphatic carbocycles. The number of hydrogen-bond acceptors (Lipinski definition) is 9. The summed E-state index contributed by atoms with van der Waals surface area (Å²) in [7, 11) is 1.74. The minimum atomic E-state index is -0.499. The molecule has 0 saturated carbocycles. The van der Waals surface area contributed by atoms with Crippen LogP contribution in [0.4, 0.5) is 10.2 Å². The number of nitrogens with one attached hydrogen (secondary N) is 1. The molecule has 11 heteroatoms. The van der Waals surface area contributed by atoms with Crippen molar-refractivity contribution >= 4 is 11.7 Å². The van der Waals surface area contributed by atoms with Crippen molar-refractivity contribution < 1.29 is 18.7 Å². The number of methoxy groups -OCH3 is 1. The molecule has 2 aliphatic rings. The number of benzene rings is 1. The molecule has 1 aromatic heterocycles. The topological polar surface area (TPSA) is 96.0 Å². The van der Waals surface area contributed by atoms with Gasteiger partial charge in [-0.3, -0.25) is 9.69 Å². The number of halogens is 1. The van der Waals surface area contributed by atoms with E-state index < -0.39 is 5.82 Å². The van der Waals surface area contributed by atoms with Crippen LogP contribution in [0, 0.1) is 17.2 Å². The minimum Gasteiger partial charge on any atom is -0.434 e. The van der Waals surface area contributed by atoms with Gasteiger partial charge in [-0.2, -0.15) is 0 Å². The maximum atomic E-state index is 14.3. The zero-order chi connectivity index (χ0) is 31.1. The fourth-order valence-electron chi connectivity index (χ4n) is 6.63. The van der Waals surface area contributed by atoms with Crippen LogP contribution >= 0.6 is 0 Å². The largest absolute Gasteiger partial charge is 0.434 e. The lowest BCUT2D eigenvalue weighted by Gasteiger charge is -2.53. The van der Waals surface area contributed by atoms with Gasteiger partial charge in [-0.15, -0.1) is 10.2 Å². The lowest BCUT2D eigenvalue weighted by atomic mass is 9.76. The van der Waals surface area contributed by atoms with Crippen LogP contribution in [0.5, 0.6) is 11.6 Å². The lowest BCUT2D eigenvalue weighted by Crippen LogP contribution is -2.62. The molecular formula is C32H50FN7O3. The molecule has 1 N–H and O–H groups in total. The maximum absolute atomic E-state index is 14.3. The highest BCUT2D eigenvalue weighted by molar-refractivity contribution is 5.97. The molecule has 0 bridgehead atoms. The molecule has 4 rings (SSSR count). The van der Waals surface area contributed by atoms with Crippen molar-refractivity contribution in [2.24, 2.45) is 11.3 Å². The van der Waals surface area contributed by atoms with E-state index >= 15 is 0 Å². The van der Waals surface area contributed by atoms with Gasteiger partial charge in [0.25, 0.3) is 11.8 Å². The van der Waals surface area contributed by atoms with Crippen LogP contribution in [0.1, 0.15) is 71.2 Å². The van der Waals surface area contributed by atoms with Crippen LogP contribution in [0.15, 0.2) is 24.5 Å². The number of hydrogen-bond donors (Lipinski definition) is 1. The van der Waals surface area contributed by atoms with Crippen LogP contribution in [0.25, 0.3) is 0 Å². The lowest BCUT2D eigenvalue weighted by molar-refractivity contribution is -0.0339. The molecule has 43 heavy (non-hydrogen) atoms. The molecule has 2 atom stereocenters. The van der Waals surface area contributed by atoms with Crippen LogP contribution in [0.2, 0.25) is 0 Å². The quantitative estimate of drug-likeness (QED) is 0.294. The number of nitrogens with zero attached hydrogens (tertiary/aromatic N) is 6. The first-order valence-corrected chi connectivity index (χ1v) is 15.7. The van der Waals surface area contributed by atoms with Crippen molar-refractivity contribution in [1.29, 1.82) is 0 Å². The van der Waals surface area contributed by atoms with Crippen LogP contribution in [-0.4, -0.2) is 102 Å². The predicted molar refractivity (Wildman–Crippen MR) is 166 cm³/mol. The SMILES string of the molecule is CCN(C(=O)c1cc(F)ccc1Oc1nncnc1N1CCC2(C1)CN([C@H](CCCN[C@H](C)COC)C(C)C)C2)C(C)C. The Morgan fingerprint density at radius 2 is 1.95 bits per heavy atom. The summed E-state index contributed by atoms with van der Waals surface area (Å²) in [4.78, 5) is 24.4. The van der Waals surface area contributed by atoms with E-state index in [0.29, 0.717) is 30.4 Å². The van der Waals surface area contributed by atoms with E-state index in [4.69, 9.17) is 9.47 Å². The van der Waals surface area contributed by atoms with Gasteiger partial charge in [-0.25, -0.2) is 9.37 Å². The van der Waals surface area contributed by atoms with Gasteiger partial charge in [0, 0.05) is 63.4 Å². The first-order chi connectivity index (χ1) is 20.6. The van der Waals surface area contributed by atoms with Gasteiger partial charge >= 0.3 is 0 Å². The molecule has 2 fully saturated rings. The van der Waals surface area contributed by atoms with Crippen molar-refractivity contribution in [3.63, 3.8) is 0 Å². The predicted octanol–water partition coefficient (Wildman–Crippen LogP) is 4.61. The van der Waals surface area contributed by atoms with E-state index in [1.807, 2.05) is 20.8 Å². The Labute approximate surface area is 256 Å². The molecule has 1 spiro atoms. The highest BCUT2D eigenvalue weighted by atomic mass is 19.1. The molecule has 2 aliphatic heterocycles. The molecule has 10 nitrogen and oxygen atoms in total. The van der Waals surface area contributed by atoms with Gasteiger partial charge in [0.1, 0.15) is 17.9 Å². The van der Waals surface area contributed by atoms with Gasteiger partial charge < -0.3 is 24.6 Å². The molecule has 3 heterocycles. The van der Waals surface area contributed by atoms with Crippen molar-refractivity contribution in [3.8, 4) is 11.6 Å². The highest BCUT2D eigenvalue weighted by Gasteiger charge is 2.50. The Kier molecular flexibility index (Phi) is 11.3. The molecule has 1 aromatic carbocycles. The zero-order valence-electron chi connectivity index (χ0n) is 27.0. The molecular weight excluding hydrogens is 549 g/mol. The van der Waals surface area contributed by atoms with E-state index in [0.717, 1.165) is 52.2 Å². The summed E-state index contributed by atoms with van der Waals surface area (Å²) < 4.78 is 25.7. The Balaban J connectivity index is 1.41. The van der Waals surface area contributed by atoms with Crippen molar-refractivity contribution in [3.05, 3.63) is 35.9 Å². The molecule has 0 unspecified atom stereocenters. The van der Waals surface area contributed by atoms with E-state index in [1.54, 1.807) is 12.0 Å². The average molecular weight is 600 g/mol. The third-order valence-corrected chi connectivity index (χ3v) is 8.81. The highest BCUT2D eigenvalue weighted by Crippen LogP contribution is 2.44. The van der Waals surface area contributed by atoms with Crippen LogP contribution in [-0.2, 0) is 4.74 Å². The van der Waals surface area contributed by atoms with E-state index in [-0.39, 0.29) is 34.6 Å². The summed E-state index contributed by atoms with van der Waals surface area (Å²) in [5.41, 5.74) is 0.360. The smallest absolute Gasteiger partial charge is 0.282 e. The molecule has 238 valence electrons. The van der Waals surface area contributed by atoms with Crippen molar-refractivity contribution in [2.45, 2.75) is 78.9 Å². The summed E-state index contributed by atoms with van der Waals surface area (Å²) >= 11 is 0. The molecule has 2 saturated heterocycles. The summed E-state index contributed by atoms with van der Waals surface area (Å²) in [5.74, 6) is 0.855. The van der Waals surface area contributed by atoms with Crippen LogP contribution in [0.3, 0.4) is 0 Å². The fourth-order valence-corrected chi connectivity index (χ4v) is 6.63. The van der Waals surface area contributed by atoms with Crippen molar-refractivity contribution in [2.75, 3.05) is 57.9 Å². The molecule has 0 radical (unpaired) electrons. The van der Waals surface area contributed by atoms with E-state index in [2.05, 4.69) is 51.1 Å². The standard InChI is InChI=1S/C32H50FN7O3/c1-8-40(23(4)5)31(41)26-16-25(33)11-12-28(26)43-30-29(35-21-36-37-30)38-15-13-32(18-38)19-39(20-32)27(22(2)3)10-9-14-34-24(6)17-42-7/h11-12,16,21-24,27,34H,8-10,13-15,17-20H2,1-7H3/t24-,27-/m1/s1. The summed E-state index contributed by atoms with van der Waals surface area (Å²) in [5, 5.41) is 11.8. The maximum Gasteiger partial charge on any atom is 0.282 e. The number of rotatable bonds is 15. The Bertz CT molecular complexity index is 1210. The fraction of sp³-hybridized carbons (Fsp3) is 0.688. The van der Waals surface area contributed by atoms with Gasteiger partial charge in [-0.1, -0.05) is 13.8 Å². The van der Waals surface area contributed by atoms with Gasteiger partial charge in [0.2, 0.25) is 0 Å². The monoisotopic (exact) mass is 599 g/mol. The number of carbonyl (C=O) groups is 1. The van der Waals surface area contributed by atoms with Crippen LogP contribution < -0.4 is 15.0 Å². The Hall–Kier alpha value is -2.89. The first kappa shape index (κ1) is 33.0. The summed E-state index contributed by atoms with van der Waals surface area (Å²) in [6, 6.07) is 4.87. The number of likely N-dealkylation sites (tertiary alicyclic amines) is 1. The minimum absolute atomic E-state index is 0.0400. The number of ether oxygens (including phenoxy) is 2. The second kappa shape index (κ2) is 14.7. The third kappa shape index (κ3) is 7.99. The second-order valence-electron chi connectivity index (χ2n) is 12.9. The molecule has 1 amide bonds. The number of aromatic nitrogens is 3. The van der Waals surface area contributed by atoms with Gasteiger partial charge in [0.15, 0.2) is 5.82 Å². The Morgan fingerprint density at radius 3 is 2.63 bits per heavy atom. The van der Waals surface area contributed by atoms with Crippen molar-refractivity contribution in [1.82, 2.24) is 30.3 Å². The third-order valence-electron chi connectivity index (χ3n) is 8.81. The summed E-state index contributed by atoms with van der Waals surface area (Å²) in [6.45, 7) is 18.6. The van der Waals surface area contributed by atoms with Gasteiger partial charge in [-0.05, 0) is 77.6 Å². The first-order valence-electron chi connectivity index (χ1n) is 15.7. The normalized spacial score (nSPS) is 17.9.